The predicted octanol–water partition coefficient (Wildman–Crippen LogP) is 6.40. The molecule has 0 amide bonds. The van der Waals surface area contributed by atoms with Crippen LogP contribution in [0.3, 0.4) is 0 Å². The van der Waals surface area contributed by atoms with Crippen molar-refractivity contribution in [3.8, 4) is 0 Å². The van der Waals surface area contributed by atoms with Gasteiger partial charge >= 0.3 is 0 Å². The molecule has 0 N–H and O–H groups in total. The largest absolute Gasteiger partial charge is 0.296 e. The highest BCUT2D eigenvalue weighted by Crippen LogP contribution is 2.35. The predicted molar refractivity (Wildman–Crippen MR) is 121 cm³/mol. The van der Waals surface area contributed by atoms with Gasteiger partial charge in [-0.25, -0.2) is 0 Å². The van der Waals surface area contributed by atoms with Crippen molar-refractivity contribution in [2.75, 3.05) is 6.61 Å². The second kappa shape index (κ2) is 9.44. The van der Waals surface area contributed by atoms with Crippen molar-refractivity contribution in [3.63, 3.8) is 0 Å². The maximum Gasteiger partial charge on any atom is 0.296 e. The monoisotopic (exact) mass is 416 g/mol. The van der Waals surface area contributed by atoms with Crippen LogP contribution in [0.5, 0.6) is 0 Å². The van der Waals surface area contributed by atoms with Crippen LogP contribution in [0.15, 0.2) is 53.4 Å². The van der Waals surface area contributed by atoms with Crippen LogP contribution >= 0.6 is 0 Å². The Morgan fingerprint density at radius 1 is 0.862 bits per heavy atom. The topological polar surface area (TPSA) is 43.4 Å². The van der Waals surface area contributed by atoms with Gasteiger partial charge in [0.1, 0.15) is 0 Å². The summed E-state index contributed by atoms with van der Waals surface area (Å²) >= 11 is 0. The van der Waals surface area contributed by atoms with E-state index in [1.807, 2.05) is 0 Å². The zero-order chi connectivity index (χ0) is 21.7. The van der Waals surface area contributed by atoms with Crippen molar-refractivity contribution >= 4 is 10.1 Å². The van der Waals surface area contributed by atoms with E-state index in [9.17, 15) is 8.42 Å². The summed E-state index contributed by atoms with van der Waals surface area (Å²) < 4.78 is 29.8. The Bertz CT molecular complexity index is 897. The third-order valence-electron chi connectivity index (χ3n) is 6.25. The van der Waals surface area contributed by atoms with E-state index in [1.54, 1.807) is 30.3 Å². The molecule has 0 saturated heterocycles. The first-order chi connectivity index (χ1) is 13.5. The van der Waals surface area contributed by atoms with Gasteiger partial charge in [-0.3, -0.25) is 4.18 Å². The lowest BCUT2D eigenvalue weighted by Gasteiger charge is -2.31. The summed E-state index contributed by atoms with van der Waals surface area (Å²) in [5, 5.41) is 0. The number of hydrogen-bond acceptors (Lipinski definition) is 3. The van der Waals surface area contributed by atoms with E-state index in [0.29, 0.717) is 6.42 Å². The fraction of sp³-hybridized carbons (Fsp3) is 0.520. The lowest BCUT2D eigenvalue weighted by molar-refractivity contribution is 0.312. The molecule has 4 heteroatoms. The van der Waals surface area contributed by atoms with Gasteiger partial charge in [0.15, 0.2) is 0 Å². The van der Waals surface area contributed by atoms with Gasteiger partial charge in [0.2, 0.25) is 0 Å². The summed E-state index contributed by atoms with van der Waals surface area (Å²) in [5.74, 6) is 0. The van der Waals surface area contributed by atoms with E-state index >= 15 is 0 Å². The quantitative estimate of drug-likeness (QED) is 0.332. The first-order valence-electron chi connectivity index (χ1n) is 10.6. The Kier molecular flexibility index (Phi) is 7.69. The lowest BCUT2D eigenvalue weighted by atomic mass is 9.74. The van der Waals surface area contributed by atoms with Crippen molar-refractivity contribution in [2.45, 2.75) is 83.0 Å². The molecule has 0 bridgehead atoms. The highest BCUT2D eigenvalue weighted by atomic mass is 32.2. The van der Waals surface area contributed by atoms with Crippen LogP contribution in [0.4, 0.5) is 0 Å². The normalized spacial score (nSPS) is 12.9. The van der Waals surface area contributed by atoms with E-state index < -0.39 is 10.1 Å². The summed E-state index contributed by atoms with van der Waals surface area (Å²) in [6.07, 6.45) is 3.60. The molecule has 2 aromatic rings. The average molecular weight is 417 g/mol. The average Bonchev–Trinajstić information content (AvgIpc) is 2.71. The lowest BCUT2D eigenvalue weighted by Crippen LogP contribution is -2.22. The van der Waals surface area contributed by atoms with E-state index in [4.69, 9.17) is 4.18 Å². The molecule has 0 spiro atoms. The van der Waals surface area contributed by atoms with Crippen LogP contribution in [0.1, 0.15) is 77.5 Å². The van der Waals surface area contributed by atoms with Crippen LogP contribution in [0.25, 0.3) is 0 Å². The molecule has 160 valence electrons. The summed E-state index contributed by atoms with van der Waals surface area (Å²) in [6.45, 7) is 13.8. The minimum atomic E-state index is -3.69. The van der Waals surface area contributed by atoms with Crippen LogP contribution in [0.2, 0.25) is 0 Å². The van der Waals surface area contributed by atoms with E-state index in [-0.39, 0.29) is 22.3 Å². The smallest absolute Gasteiger partial charge is 0.266 e. The summed E-state index contributed by atoms with van der Waals surface area (Å²) in [6, 6.07) is 15.1. The maximum absolute atomic E-state index is 12.3. The molecule has 0 fully saturated rings. The third-order valence-corrected chi connectivity index (χ3v) is 7.58. The minimum absolute atomic E-state index is 0.0755. The molecule has 3 nitrogen and oxygen atoms in total. The Morgan fingerprint density at radius 2 is 1.48 bits per heavy atom. The van der Waals surface area contributed by atoms with Gasteiger partial charge < -0.3 is 0 Å². The molecule has 2 rings (SSSR count). The Morgan fingerprint density at radius 3 is 2.07 bits per heavy atom. The van der Waals surface area contributed by atoms with Gasteiger partial charge in [-0.05, 0) is 65.3 Å². The highest BCUT2D eigenvalue weighted by molar-refractivity contribution is 7.86. The first-order valence-corrected chi connectivity index (χ1v) is 12.0. The zero-order valence-electron chi connectivity index (χ0n) is 18.8. The van der Waals surface area contributed by atoms with Gasteiger partial charge in [0.25, 0.3) is 10.1 Å². The standard InChI is InChI=1S/C25H36O3S/c1-7-24(3,4)21-17-16-20(23(19-21)25(5,6)8-2)13-12-18-28-29(26,27)22-14-10-9-11-15-22/h9-11,14-17,19H,7-8,12-13,18H2,1-6H3. The fourth-order valence-electron chi connectivity index (χ4n) is 3.33. The fourth-order valence-corrected chi connectivity index (χ4v) is 4.29. The molecule has 0 unspecified atom stereocenters. The summed E-state index contributed by atoms with van der Waals surface area (Å²) in [5.41, 5.74) is 4.23. The number of aryl methyl sites for hydroxylation is 1. The van der Waals surface area contributed by atoms with Gasteiger partial charge in [0, 0.05) is 0 Å². The molecule has 0 aromatic heterocycles. The Labute approximate surface area is 177 Å². The van der Waals surface area contributed by atoms with Crippen LogP contribution in [-0.4, -0.2) is 15.0 Å². The van der Waals surface area contributed by atoms with E-state index in [2.05, 4.69) is 59.7 Å². The van der Waals surface area contributed by atoms with Crippen molar-refractivity contribution < 1.29 is 12.6 Å². The molecular formula is C25H36O3S. The summed E-state index contributed by atoms with van der Waals surface area (Å²) in [7, 11) is -3.69. The van der Waals surface area contributed by atoms with Gasteiger partial charge in [0.05, 0.1) is 11.5 Å². The molecule has 0 aliphatic heterocycles. The molecule has 0 saturated carbocycles. The van der Waals surface area contributed by atoms with E-state index in [0.717, 1.165) is 19.3 Å². The maximum atomic E-state index is 12.3. The SMILES string of the molecule is CCC(C)(C)c1ccc(CCCOS(=O)(=O)c2ccccc2)c(C(C)(C)CC)c1. The van der Waals surface area contributed by atoms with E-state index in [1.165, 1.54) is 16.7 Å². The van der Waals surface area contributed by atoms with Crippen molar-refractivity contribution in [3.05, 3.63) is 65.2 Å². The van der Waals surface area contributed by atoms with Gasteiger partial charge in [-0.1, -0.05) is 77.9 Å². The Hall–Kier alpha value is -1.65. The van der Waals surface area contributed by atoms with Crippen molar-refractivity contribution in [1.82, 2.24) is 0 Å². The zero-order valence-corrected chi connectivity index (χ0v) is 19.6. The molecule has 29 heavy (non-hydrogen) atoms. The highest BCUT2D eigenvalue weighted by Gasteiger charge is 2.25. The van der Waals surface area contributed by atoms with Crippen molar-refractivity contribution in [2.24, 2.45) is 0 Å². The van der Waals surface area contributed by atoms with Crippen LogP contribution in [-0.2, 0) is 31.6 Å². The van der Waals surface area contributed by atoms with Crippen LogP contribution in [0, 0.1) is 0 Å². The third kappa shape index (κ3) is 5.93. The molecule has 0 atom stereocenters. The first kappa shape index (κ1) is 23.6. The van der Waals surface area contributed by atoms with Gasteiger partial charge in [-0.15, -0.1) is 0 Å². The molecule has 0 aliphatic carbocycles. The number of rotatable bonds is 10. The van der Waals surface area contributed by atoms with Gasteiger partial charge in [-0.2, -0.15) is 8.42 Å². The number of hydrogen-bond donors (Lipinski definition) is 0. The minimum Gasteiger partial charge on any atom is -0.266 e. The second-order valence-electron chi connectivity index (χ2n) is 9.04. The summed E-state index contributed by atoms with van der Waals surface area (Å²) in [4.78, 5) is 0.207. The Balaban J connectivity index is 2.14. The molecule has 2 aromatic carbocycles. The number of benzene rings is 2. The molecule has 0 aliphatic rings. The van der Waals surface area contributed by atoms with Crippen LogP contribution < -0.4 is 0 Å². The molecule has 0 heterocycles. The molecule has 0 radical (unpaired) electrons. The molecular weight excluding hydrogens is 380 g/mol. The van der Waals surface area contributed by atoms with Crippen molar-refractivity contribution in [1.29, 1.82) is 0 Å². The second-order valence-corrected chi connectivity index (χ2v) is 10.7.